The lowest BCUT2D eigenvalue weighted by molar-refractivity contribution is 0.0697. The van der Waals surface area contributed by atoms with Gasteiger partial charge >= 0.3 is 12.0 Å². The van der Waals surface area contributed by atoms with Crippen molar-refractivity contribution in [3.05, 3.63) is 65.2 Å². The van der Waals surface area contributed by atoms with Gasteiger partial charge in [0.15, 0.2) is 0 Å². The third-order valence-corrected chi connectivity index (χ3v) is 4.93. The second kappa shape index (κ2) is 8.58. The number of hydrogen-bond donors (Lipinski definition) is 2. The first kappa shape index (κ1) is 18.8. The molecule has 2 aromatic carbocycles. The summed E-state index contributed by atoms with van der Waals surface area (Å²) in [6.45, 7) is 1.11. The zero-order valence-corrected chi connectivity index (χ0v) is 15.4. The van der Waals surface area contributed by atoms with Crippen LogP contribution in [0.15, 0.2) is 48.5 Å². The number of nitrogens with one attached hydrogen (secondary N) is 1. The van der Waals surface area contributed by atoms with Gasteiger partial charge in [-0.1, -0.05) is 30.3 Å². The molecule has 1 fully saturated rings. The van der Waals surface area contributed by atoms with Crippen LogP contribution in [0.4, 0.5) is 4.79 Å². The van der Waals surface area contributed by atoms with Crippen LogP contribution >= 0.6 is 0 Å². The Morgan fingerprint density at radius 3 is 2.63 bits per heavy atom. The molecule has 1 heterocycles. The fourth-order valence-corrected chi connectivity index (χ4v) is 3.49. The first-order valence-electron chi connectivity index (χ1n) is 9.07. The summed E-state index contributed by atoms with van der Waals surface area (Å²) in [5, 5.41) is 11.9. The Hall–Kier alpha value is -3.02. The van der Waals surface area contributed by atoms with E-state index < -0.39 is 5.97 Å². The van der Waals surface area contributed by atoms with Crippen molar-refractivity contribution in [2.24, 2.45) is 0 Å². The van der Waals surface area contributed by atoms with E-state index >= 15 is 0 Å². The molecule has 142 valence electrons. The molecule has 0 aliphatic carbocycles. The van der Waals surface area contributed by atoms with Crippen molar-refractivity contribution in [3.8, 4) is 5.75 Å². The van der Waals surface area contributed by atoms with E-state index in [1.165, 1.54) is 0 Å². The molecule has 0 bridgehead atoms. The highest BCUT2D eigenvalue weighted by atomic mass is 16.5. The Morgan fingerprint density at radius 2 is 1.93 bits per heavy atom. The Bertz CT molecular complexity index is 804. The van der Waals surface area contributed by atoms with E-state index in [4.69, 9.17) is 9.84 Å². The number of carboxylic acids is 1. The number of rotatable bonds is 6. The third-order valence-electron chi connectivity index (χ3n) is 4.93. The molecule has 0 radical (unpaired) electrons. The number of benzene rings is 2. The summed E-state index contributed by atoms with van der Waals surface area (Å²) in [7, 11) is 1.66. The Balaban J connectivity index is 1.59. The first-order chi connectivity index (χ1) is 13.1. The number of aromatic carboxylic acids is 1. The minimum Gasteiger partial charge on any atom is -0.496 e. The molecule has 0 aromatic heterocycles. The molecule has 6 heteroatoms. The second-order valence-electron chi connectivity index (χ2n) is 6.67. The van der Waals surface area contributed by atoms with Gasteiger partial charge in [-0.05, 0) is 48.6 Å². The minimum atomic E-state index is -0.957. The molecule has 0 saturated carbocycles. The summed E-state index contributed by atoms with van der Waals surface area (Å²) in [4.78, 5) is 25.4. The van der Waals surface area contributed by atoms with Crippen LogP contribution in [0.1, 0.15) is 34.3 Å². The van der Waals surface area contributed by atoms with Crippen molar-refractivity contribution < 1.29 is 19.4 Å². The van der Waals surface area contributed by atoms with Crippen LogP contribution in [-0.2, 0) is 13.0 Å². The molecule has 2 N–H and O–H groups in total. The Kier molecular flexibility index (Phi) is 5.96. The Morgan fingerprint density at radius 1 is 1.19 bits per heavy atom. The number of likely N-dealkylation sites (tertiary alicyclic amines) is 1. The lowest BCUT2D eigenvalue weighted by atomic mass is 10.0. The molecule has 1 saturated heterocycles. The number of carbonyl (C=O) groups is 2. The number of amides is 2. The topological polar surface area (TPSA) is 78.9 Å². The van der Waals surface area contributed by atoms with Crippen LogP contribution in [0.2, 0.25) is 0 Å². The molecule has 1 aliphatic rings. The number of urea groups is 1. The maximum absolute atomic E-state index is 12.6. The van der Waals surface area contributed by atoms with E-state index in [0.717, 1.165) is 42.7 Å². The molecule has 2 aromatic rings. The van der Waals surface area contributed by atoms with E-state index in [-0.39, 0.29) is 17.6 Å². The number of nitrogens with zero attached hydrogens (tertiary/aromatic N) is 1. The number of carbonyl (C=O) groups excluding carboxylic acids is 1. The first-order valence-corrected chi connectivity index (χ1v) is 9.07. The van der Waals surface area contributed by atoms with Crippen molar-refractivity contribution in [1.29, 1.82) is 0 Å². The van der Waals surface area contributed by atoms with Crippen LogP contribution in [0.3, 0.4) is 0 Å². The number of para-hydroxylation sites is 1. The van der Waals surface area contributed by atoms with Gasteiger partial charge in [-0.15, -0.1) is 0 Å². The lowest BCUT2D eigenvalue weighted by Gasteiger charge is -2.25. The van der Waals surface area contributed by atoms with Crippen molar-refractivity contribution in [1.82, 2.24) is 10.2 Å². The molecule has 1 aliphatic heterocycles. The largest absolute Gasteiger partial charge is 0.496 e. The average molecular weight is 368 g/mol. The fraction of sp³-hybridized carbons (Fsp3) is 0.333. The van der Waals surface area contributed by atoms with Crippen LogP contribution in [0.5, 0.6) is 5.75 Å². The molecular weight excluding hydrogens is 344 g/mol. The quantitative estimate of drug-likeness (QED) is 0.820. The fourth-order valence-electron chi connectivity index (χ4n) is 3.49. The van der Waals surface area contributed by atoms with Crippen LogP contribution < -0.4 is 10.1 Å². The SMILES string of the molecule is COc1ccccc1CC1CCCN1C(=O)NCc1ccc(C(=O)O)cc1. The summed E-state index contributed by atoms with van der Waals surface area (Å²) < 4.78 is 5.42. The van der Waals surface area contributed by atoms with Crippen molar-refractivity contribution in [2.75, 3.05) is 13.7 Å². The molecule has 1 unspecified atom stereocenters. The monoisotopic (exact) mass is 368 g/mol. The molecular formula is C21H24N2O4. The molecule has 0 spiro atoms. The summed E-state index contributed by atoms with van der Waals surface area (Å²) in [6, 6.07) is 14.5. The number of ether oxygens (including phenoxy) is 1. The van der Waals surface area contributed by atoms with Gasteiger partial charge < -0.3 is 20.1 Å². The third kappa shape index (κ3) is 4.58. The van der Waals surface area contributed by atoms with Gasteiger partial charge in [0.05, 0.1) is 12.7 Å². The second-order valence-corrected chi connectivity index (χ2v) is 6.67. The van der Waals surface area contributed by atoms with Gasteiger partial charge in [-0.3, -0.25) is 0 Å². The highest BCUT2D eigenvalue weighted by molar-refractivity contribution is 5.87. The smallest absolute Gasteiger partial charge is 0.335 e. The normalized spacial score (nSPS) is 16.2. The highest BCUT2D eigenvalue weighted by Crippen LogP contribution is 2.26. The number of hydrogen-bond acceptors (Lipinski definition) is 3. The van der Waals surface area contributed by atoms with E-state index in [9.17, 15) is 9.59 Å². The molecule has 2 amide bonds. The maximum Gasteiger partial charge on any atom is 0.335 e. The predicted molar refractivity (Wildman–Crippen MR) is 102 cm³/mol. The molecule has 6 nitrogen and oxygen atoms in total. The summed E-state index contributed by atoms with van der Waals surface area (Å²) in [5.41, 5.74) is 2.21. The van der Waals surface area contributed by atoms with Crippen LogP contribution in [0.25, 0.3) is 0 Å². The average Bonchev–Trinajstić information content (AvgIpc) is 3.15. The lowest BCUT2D eigenvalue weighted by Crippen LogP contribution is -2.43. The van der Waals surface area contributed by atoms with Gasteiger partial charge in [-0.2, -0.15) is 0 Å². The van der Waals surface area contributed by atoms with Crippen molar-refractivity contribution in [3.63, 3.8) is 0 Å². The Labute approximate surface area is 158 Å². The van der Waals surface area contributed by atoms with Crippen LogP contribution in [0, 0.1) is 0 Å². The van der Waals surface area contributed by atoms with Crippen molar-refractivity contribution >= 4 is 12.0 Å². The van der Waals surface area contributed by atoms with E-state index in [2.05, 4.69) is 5.32 Å². The van der Waals surface area contributed by atoms with Crippen molar-refractivity contribution in [2.45, 2.75) is 31.8 Å². The predicted octanol–water partition coefficient (Wildman–Crippen LogP) is 3.31. The zero-order chi connectivity index (χ0) is 19.2. The number of methoxy groups -OCH3 is 1. The van der Waals surface area contributed by atoms with Gasteiger partial charge in [0, 0.05) is 19.1 Å². The minimum absolute atomic E-state index is 0.0882. The van der Waals surface area contributed by atoms with Gasteiger partial charge in [0.2, 0.25) is 0 Å². The molecule has 1 atom stereocenters. The molecule has 3 rings (SSSR count). The maximum atomic E-state index is 12.6. The number of carboxylic acid groups (broad SMARTS) is 1. The van der Waals surface area contributed by atoms with Gasteiger partial charge in [0.25, 0.3) is 0 Å². The van der Waals surface area contributed by atoms with Crippen LogP contribution in [-0.4, -0.2) is 41.7 Å². The molecule has 27 heavy (non-hydrogen) atoms. The summed E-state index contributed by atoms with van der Waals surface area (Å²) in [5.74, 6) is -0.106. The van der Waals surface area contributed by atoms with Gasteiger partial charge in [-0.25, -0.2) is 9.59 Å². The summed E-state index contributed by atoms with van der Waals surface area (Å²) >= 11 is 0. The van der Waals surface area contributed by atoms with E-state index in [1.54, 1.807) is 31.4 Å². The highest BCUT2D eigenvalue weighted by Gasteiger charge is 2.29. The standard InChI is InChI=1S/C21H24N2O4/c1-27-19-7-3-2-5-17(19)13-18-6-4-12-23(18)21(26)22-14-15-8-10-16(11-9-15)20(24)25/h2-3,5,7-11,18H,4,6,12-14H2,1H3,(H,22,26)(H,24,25). The van der Waals surface area contributed by atoms with E-state index in [1.807, 2.05) is 29.2 Å². The zero-order valence-electron chi connectivity index (χ0n) is 15.4. The van der Waals surface area contributed by atoms with E-state index in [0.29, 0.717) is 6.54 Å². The van der Waals surface area contributed by atoms with Gasteiger partial charge in [0.1, 0.15) is 5.75 Å². The summed E-state index contributed by atoms with van der Waals surface area (Å²) in [6.07, 6.45) is 2.73.